The summed E-state index contributed by atoms with van der Waals surface area (Å²) < 4.78 is 5.80. The smallest absolute Gasteiger partial charge is 0.319 e. The highest BCUT2D eigenvalue weighted by Gasteiger charge is 2.25. The number of aryl methyl sites for hydroxylation is 1. The van der Waals surface area contributed by atoms with Gasteiger partial charge in [-0.1, -0.05) is 46.6 Å². The summed E-state index contributed by atoms with van der Waals surface area (Å²) in [6.07, 6.45) is 7.82. The van der Waals surface area contributed by atoms with Crippen molar-refractivity contribution in [1.29, 1.82) is 0 Å². The number of nitrogens with one attached hydrogen (secondary N) is 2. The molecule has 0 radical (unpaired) electrons. The van der Waals surface area contributed by atoms with Crippen LogP contribution in [0.15, 0.2) is 53.0 Å². The molecule has 2 N–H and O–H groups in total. The standard InChI is InChI=1S/C27H36BrN3O3/c1-34-26(32)13-8-20-31(25-12-7-10-21-9-3-4-11-24(21)25)19-6-2-5-18-29-27(33)30-23-16-14-22(28)15-17-23/h3-4,9,11,14-17,25H,2,5-8,10,12-13,18-20H2,1H3,(H2,29,30,33). The van der Waals surface area contributed by atoms with Crippen LogP contribution in [-0.2, 0) is 16.0 Å². The van der Waals surface area contributed by atoms with Gasteiger partial charge in [-0.25, -0.2) is 4.79 Å². The normalized spacial score (nSPS) is 15.0. The quantitative estimate of drug-likeness (QED) is 0.258. The van der Waals surface area contributed by atoms with E-state index in [1.807, 2.05) is 24.3 Å². The van der Waals surface area contributed by atoms with Gasteiger partial charge in [0.2, 0.25) is 0 Å². The second kappa shape index (κ2) is 14.1. The molecule has 184 valence electrons. The maximum absolute atomic E-state index is 12.1. The number of unbranched alkanes of at least 4 members (excludes halogenated alkanes) is 2. The molecule has 0 saturated heterocycles. The van der Waals surface area contributed by atoms with Crippen molar-refractivity contribution in [3.63, 3.8) is 0 Å². The Bertz CT molecular complexity index is 920. The summed E-state index contributed by atoms with van der Waals surface area (Å²) in [4.78, 5) is 26.2. The second-order valence-electron chi connectivity index (χ2n) is 8.77. The molecule has 0 aliphatic heterocycles. The second-order valence-corrected chi connectivity index (χ2v) is 9.69. The highest BCUT2D eigenvalue weighted by Crippen LogP contribution is 2.34. The van der Waals surface area contributed by atoms with Gasteiger partial charge in [0.05, 0.1) is 7.11 Å². The minimum absolute atomic E-state index is 0.142. The van der Waals surface area contributed by atoms with Crippen LogP contribution in [0.25, 0.3) is 0 Å². The lowest BCUT2D eigenvalue weighted by Gasteiger charge is -2.36. The summed E-state index contributed by atoms with van der Waals surface area (Å²) >= 11 is 3.39. The van der Waals surface area contributed by atoms with E-state index < -0.39 is 0 Å². The number of halogens is 1. The maximum atomic E-state index is 12.1. The SMILES string of the molecule is COC(=O)CCCN(CCCCCNC(=O)Nc1ccc(Br)cc1)C1CCCc2ccccc21. The molecule has 2 aromatic rings. The summed E-state index contributed by atoms with van der Waals surface area (Å²) in [5, 5.41) is 5.79. The fraction of sp³-hybridized carbons (Fsp3) is 0.481. The number of anilines is 1. The van der Waals surface area contributed by atoms with E-state index in [1.165, 1.54) is 24.7 Å². The number of rotatable bonds is 12. The van der Waals surface area contributed by atoms with E-state index >= 15 is 0 Å². The third-order valence-electron chi connectivity index (χ3n) is 6.34. The molecule has 0 bridgehead atoms. The molecule has 1 aliphatic carbocycles. The first-order valence-electron chi connectivity index (χ1n) is 12.3. The average molecular weight is 531 g/mol. The predicted molar refractivity (Wildman–Crippen MR) is 140 cm³/mol. The van der Waals surface area contributed by atoms with E-state index in [4.69, 9.17) is 4.74 Å². The lowest BCUT2D eigenvalue weighted by Crippen LogP contribution is -2.33. The van der Waals surface area contributed by atoms with Crippen molar-refractivity contribution >= 4 is 33.6 Å². The molecule has 1 aliphatic rings. The topological polar surface area (TPSA) is 70.7 Å². The molecule has 0 spiro atoms. The summed E-state index contributed by atoms with van der Waals surface area (Å²) in [6, 6.07) is 16.5. The summed E-state index contributed by atoms with van der Waals surface area (Å²) in [7, 11) is 1.45. The number of fused-ring (bicyclic) bond motifs is 1. The van der Waals surface area contributed by atoms with Crippen molar-refractivity contribution in [3.8, 4) is 0 Å². The molecule has 2 aromatic carbocycles. The number of benzene rings is 2. The maximum Gasteiger partial charge on any atom is 0.319 e. The highest BCUT2D eigenvalue weighted by atomic mass is 79.9. The summed E-state index contributed by atoms with van der Waals surface area (Å²) in [5.41, 5.74) is 3.67. The Labute approximate surface area is 211 Å². The fourth-order valence-electron chi connectivity index (χ4n) is 4.59. The number of carbonyl (C=O) groups is 2. The number of carbonyl (C=O) groups excluding carboxylic acids is 2. The summed E-state index contributed by atoms with van der Waals surface area (Å²) in [6.45, 7) is 2.53. The Balaban J connectivity index is 1.43. The van der Waals surface area contributed by atoms with Crippen molar-refractivity contribution in [2.45, 2.75) is 57.4 Å². The molecule has 1 unspecified atom stereocenters. The third kappa shape index (κ3) is 8.44. The molecule has 0 saturated carbocycles. The van der Waals surface area contributed by atoms with E-state index in [0.717, 1.165) is 61.8 Å². The zero-order valence-corrected chi connectivity index (χ0v) is 21.6. The van der Waals surface area contributed by atoms with Crippen molar-refractivity contribution in [2.24, 2.45) is 0 Å². The molecule has 6 nitrogen and oxygen atoms in total. The van der Waals surface area contributed by atoms with Crippen molar-refractivity contribution < 1.29 is 14.3 Å². The van der Waals surface area contributed by atoms with Crippen LogP contribution in [0, 0.1) is 0 Å². The van der Waals surface area contributed by atoms with Gasteiger partial charge in [-0.15, -0.1) is 0 Å². The van der Waals surface area contributed by atoms with Gasteiger partial charge < -0.3 is 15.4 Å². The van der Waals surface area contributed by atoms with Crippen molar-refractivity contribution in [1.82, 2.24) is 10.2 Å². The van der Waals surface area contributed by atoms with Gasteiger partial charge >= 0.3 is 12.0 Å². The summed E-state index contributed by atoms with van der Waals surface area (Å²) in [5.74, 6) is -0.142. The van der Waals surface area contributed by atoms with Crippen LogP contribution < -0.4 is 10.6 Å². The van der Waals surface area contributed by atoms with Crippen LogP contribution in [0.4, 0.5) is 10.5 Å². The number of amides is 2. The zero-order valence-electron chi connectivity index (χ0n) is 20.0. The first kappa shape index (κ1) is 26.2. The van der Waals surface area contributed by atoms with Gasteiger partial charge in [-0.3, -0.25) is 9.69 Å². The monoisotopic (exact) mass is 529 g/mol. The first-order chi connectivity index (χ1) is 16.6. The Hall–Kier alpha value is -2.38. The van der Waals surface area contributed by atoms with Crippen LogP contribution in [0.3, 0.4) is 0 Å². The van der Waals surface area contributed by atoms with Gasteiger partial charge in [0, 0.05) is 29.2 Å². The molecule has 0 heterocycles. The van der Waals surface area contributed by atoms with Crippen molar-refractivity contribution in [3.05, 3.63) is 64.1 Å². The Morgan fingerprint density at radius 2 is 1.79 bits per heavy atom. The zero-order chi connectivity index (χ0) is 24.2. The van der Waals surface area contributed by atoms with Gasteiger partial charge in [-0.2, -0.15) is 0 Å². The lowest BCUT2D eigenvalue weighted by atomic mass is 9.86. The molecule has 0 fully saturated rings. The highest BCUT2D eigenvalue weighted by molar-refractivity contribution is 9.10. The lowest BCUT2D eigenvalue weighted by molar-refractivity contribution is -0.140. The molecule has 2 amide bonds. The molecule has 0 aromatic heterocycles. The number of methoxy groups -OCH3 is 1. The number of hydrogen-bond donors (Lipinski definition) is 2. The molecule has 1 atom stereocenters. The predicted octanol–water partition coefficient (Wildman–Crippen LogP) is 6.07. The van der Waals surface area contributed by atoms with E-state index in [0.29, 0.717) is 19.0 Å². The number of ether oxygens (including phenoxy) is 1. The minimum Gasteiger partial charge on any atom is -0.469 e. The molecule has 34 heavy (non-hydrogen) atoms. The van der Waals surface area contributed by atoms with E-state index in [2.05, 4.69) is 55.7 Å². The van der Waals surface area contributed by atoms with Crippen LogP contribution in [0.1, 0.15) is 62.1 Å². The molecular weight excluding hydrogens is 494 g/mol. The Kier molecular flexibility index (Phi) is 10.9. The first-order valence-corrected chi connectivity index (χ1v) is 13.0. The van der Waals surface area contributed by atoms with Crippen LogP contribution in [0.2, 0.25) is 0 Å². The van der Waals surface area contributed by atoms with Gasteiger partial charge in [0.25, 0.3) is 0 Å². The minimum atomic E-state index is -0.175. The molecular formula is C27H36BrN3O3. The van der Waals surface area contributed by atoms with Gasteiger partial charge in [0.15, 0.2) is 0 Å². The van der Waals surface area contributed by atoms with E-state index in [1.54, 1.807) is 0 Å². The van der Waals surface area contributed by atoms with Crippen LogP contribution in [0.5, 0.6) is 0 Å². The van der Waals surface area contributed by atoms with Crippen LogP contribution in [-0.4, -0.2) is 43.6 Å². The number of esters is 1. The molecule has 7 heteroatoms. The number of hydrogen-bond acceptors (Lipinski definition) is 4. The van der Waals surface area contributed by atoms with E-state index in [-0.39, 0.29) is 12.0 Å². The molecule has 3 rings (SSSR count). The number of urea groups is 1. The largest absolute Gasteiger partial charge is 0.469 e. The average Bonchev–Trinajstić information content (AvgIpc) is 2.86. The Morgan fingerprint density at radius 3 is 2.59 bits per heavy atom. The van der Waals surface area contributed by atoms with Crippen molar-refractivity contribution in [2.75, 3.05) is 32.1 Å². The van der Waals surface area contributed by atoms with E-state index in [9.17, 15) is 9.59 Å². The third-order valence-corrected chi connectivity index (χ3v) is 6.87. The van der Waals surface area contributed by atoms with Crippen LogP contribution >= 0.6 is 15.9 Å². The van der Waals surface area contributed by atoms with Gasteiger partial charge in [0.1, 0.15) is 0 Å². The Morgan fingerprint density at radius 1 is 1.03 bits per heavy atom. The fourth-order valence-corrected chi connectivity index (χ4v) is 4.85. The van der Waals surface area contributed by atoms with Gasteiger partial charge in [-0.05, 0) is 87.0 Å². The number of nitrogens with zero attached hydrogens (tertiary/aromatic N) is 1.